The lowest BCUT2D eigenvalue weighted by molar-refractivity contribution is -0.140. The number of carboxylic acid groups (broad SMARTS) is 1. The number of hydrogen-bond acceptors (Lipinski definition) is 3. The summed E-state index contributed by atoms with van der Waals surface area (Å²) in [6.07, 6.45) is 0. The minimum Gasteiger partial charge on any atom is -0.480 e. The lowest BCUT2D eigenvalue weighted by atomic mass is 10.1. The molecular formula is C15H22N2O3. The van der Waals surface area contributed by atoms with E-state index in [1.807, 2.05) is 32.0 Å². The van der Waals surface area contributed by atoms with Gasteiger partial charge in [0, 0.05) is 5.69 Å². The summed E-state index contributed by atoms with van der Waals surface area (Å²) in [6.45, 7) is 7.55. The van der Waals surface area contributed by atoms with E-state index in [9.17, 15) is 9.59 Å². The van der Waals surface area contributed by atoms with Crippen molar-refractivity contribution >= 4 is 17.6 Å². The average molecular weight is 278 g/mol. The van der Waals surface area contributed by atoms with Crippen molar-refractivity contribution in [2.45, 2.75) is 33.7 Å². The summed E-state index contributed by atoms with van der Waals surface area (Å²) in [5.74, 6) is -1.28. The highest BCUT2D eigenvalue weighted by atomic mass is 16.4. The third-order valence-electron chi connectivity index (χ3n) is 3.21. The molecule has 5 heteroatoms. The highest BCUT2D eigenvalue weighted by Crippen LogP contribution is 2.13. The first-order chi connectivity index (χ1) is 9.31. The number of nitrogens with one attached hydrogen (secondary N) is 2. The van der Waals surface area contributed by atoms with Crippen LogP contribution in [0.2, 0.25) is 0 Å². The summed E-state index contributed by atoms with van der Waals surface area (Å²) >= 11 is 0. The fraction of sp³-hybridized carbons (Fsp3) is 0.467. The van der Waals surface area contributed by atoms with Gasteiger partial charge < -0.3 is 10.4 Å². The Kier molecular flexibility index (Phi) is 5.70. The fourth-order valence-corrected chi connectivity index (χ4v) is 1.84. The van der Waals surface area contributed by atoms with Crippen molar-refractivity contribution in [1.82, 2.24) is 5.32 Å². The van der Waals surface area contributed by atoms with Gasteiger partial charge in [0.1, 0.15) is 6.04 Å². The van der Waals surface area contributed by atoms with Gasteiger partial charge in [-0.05, 0) is 43.0 Å². The fourth-order valence-electron chi connectivity index (χ4n) is 1.84. The van der Waals surface area contributed by atoms with Crippen molar-refractivity contribution in [1.29, 1.82) is 0 Å². The van der Waals surface area contributed by atoms with Crippen LogP contribution in [-0.4, -0.2) is 29.6 Å². The van der Waals surface area contributed by atoms with Crippen LogP contribution in [0.15, 0.2) is 18.2 Å². The lowest BCUT2D eigenvalue weighted by Crippen LogP contribution is -2.44. The van der Waals surface area contributed by atoms with Gasteiger partial charge in [-0.1, -0.05) is 19.9 Å². The quantitative estimate of drug-likeness (QED) is 0.743. The van der Waals surface area contributed by atoms with E-state index >= 15 is 0 Å². The molecule has 1 aromatic rings. The van der Waals surface area contributed by atoms with E-state index in [-0.39, 0.29) is 18.4 Å². The standard InChI is InChI=1S/C15H22N2O3/c1-9(2)14(15(19)20)16-8-13(18)17-12-6-5-10(3)11(4)7-12/h5-7,9,14,16H,8H2,1-4H3,(H,17,18)(H,19,20). The molecular weight excluding hydrogens is 256 g/mol. The van der Waals surface area contributed by atoms with Crippen LogP contribution in [-0.2, 0) is 9.59 Å². The normalized spacial score (nSPS) is 12.2. The van der Waals surface area contributed by atoms with Crippen LogP contribution in [0.3, 0.4) is 0 Å². The molecule has 0 heterocycles. The van der Waals surface area contributed by atoms with E-state index in [4.69, 9.17) is 5.11 Å². The zero-order valence-corrected chi connectivity index (χ0v) is 12.4. The Hall–Kier alpha value is -1.88. The molecule has 1 aromatic carbocycles. The number of carboxylic acids is 1. The predicted molar refractivity (Wildman–Crippen MR) is 78.8 cm³/mol. The monoisotopic (exact) mass is 278 g/mol. The first-order valence-electron chi connectivity index (χ1n) is 6.64. The number of carbonyl (C=O) groups is 2. The van der Waals surface area contributed by atoms with Gasteiger partial charge in [0.05, 0.1) is 6.54 Å². The molecule has 0 fully saturated rings. The van der Waals surface area contributed by atoms with E-state index < -0.39 is 12.0 Å². The van der Waals surface area contributed by atoms with Gasteiger partial charge in [-0.25, -0.2) is 0 Å². The van der Waals surface area contributed by atoms with Crippen molar-refractivity contribution in [3.63, 3.8) is 0 Å². The molecule has 1 unspecified atom stereocenters. The molecule has 0 aromatic heterocycles. The van der Waals surface area contributed by atoms with Crippen molar-refractivity contribution in [2.75, 3.05) is 11.9 Å². The SMILES string of the molecule is Cc1ccc(NC(=O)CNC(C(=O)O)C(C)C)cc1C. The van der Waals surface area contributed by atoms with E-state index in [0.29, 0.717) is 0 Å². The molecule has 0 spiro atoms. The van der Waals surface area contributed by atoms with Crippen LogP contribution in [0, 0.1) is 19.8 Å². The molecule has 1 atom stereocenters. The molecule has 3 N–H and O–H groups in total. The van der Waals surface area contributed by atoms with Gasteiger partial charge >= 0.3 is 5.97 Å². The van der Waals surface area contributed by atoms with Gasteiger partial charge in [-0.15, -0.1) is 0 Å². The van der Waals surface area contributed by atoms with Gasteiger partial charge in [0.2, 0.25) is 5.91 Å². The summed E-state index contributed by atoms with van der Waals surface area (Å²) in [5.41, 5.74) is 2.98. The van der Waals surface area contributed by atoms with Crippen molar-refractivity contribution < 1.29 is 14.7 Å². The Morgan fingerprint density at radius 1 is 1.20 bits per heavy atom. The molecule has 20 heavy (non-hydrogen) atoms. The number of amides is 1. The van der Waals surface area contributed by atoms with Gasteiger partial charge in [0.15, 0.2) is 0 Å². The van der Waals surface area contributed by atoms with Crippen LogP contribution in [0.25, 0.3) is 0 Å². The number of carbonyl (C=O) groups excluding carboxylic acids is 1. The highest BCUT2D eigenvalue weighted by Gasteiger charge is 2.21. The van der Waals surface area contributed by atoms with Crippen molar-refractivity contribution in [3.05, 3.63) is 29.3 Å². The van der Waals surface area contributed by atoms with E-state index in [2.05, 4.69) is 10.6 Å². The first kappa shape index (κ1) is 16.2. The minimum atomic E-state index is -0.945. The predicted octanol–water partition coefficient (Wildman–Crippen LogP) is 1.94. The number of benzene rings is 1. The van der Waals surface area contributed by atoms with Gasteiger partial charge in [0.25, 0.3) is 0 Å². The molecule has 0 radical (unpaired) electrons. The topological polar surface area (TPSA) is 78.4 Å². The molecule has 1 rings (SSSR count). The van der Waals surface area contributed by atoms with E-state index in [1.165, 1.54) is 0 Å². The maximum absolute atomic E-state index is 11.8. The Morgan fingerprint density at radius 3 is 2.35 bits per heavy atom. The number of anilines is 1. The van der Waals surface area contributed by atoms with Crippen LogP contribution in [0.1, 0.15) is 25.0 Å². The zero-order chi connectivity index (χ0) is 15.3. The van der Waals surface area contributed by atoms with E-state index in [1.54, 1.807) is 13.8 Å². The Morgan fingerprint density at radius 2 is 1.85 bits per heavy atom. The van der Waals surface area contributed by atoms with Crippen LogP contribution >= 0.6 is 0 Å². The zero-order valence-electron chi connectivity index (χ0n) is 12.4. The Balaban J connectivity index is 2.55. The number of aliphatic carboxylic acids is 1. The molecule has 0 saturated heterocycles. The molecule has 0 aliphatic heterocycles. The first-order valence-corrected chi connectivity index (χ1v) is 6.64. The second kappa shape index (κ2) is 7.05. The summed E-state index contributed by atoms with van der Waals surface area (Å²) < 4.78 is 0. The summed E-state index contributed by atoms with van der Waals surface area (Å²) in [4.78, 5) is 22.8. The van der Waals surface area contributed by atoms with Gasteiger partial charge in [-0.2, -0.15) is 0 Å². The second-order valence-electron chi connectivity index (χ2n) is 5.29. The number of aryl methyl sites for hydroxylation is 2. The van der Waals surface area contributed by atoms with Crippen molar-refractivity contribution in [3.8, 4) is 0 Å². The molecule has 110 valence electrons. The van der Waals surface area contributed by atoms with Crippen LogP contribution < -0.4 is 10.6 Å². The third-order valence-corrected chi connectivity index (χ3v) is 3.21. The number of hydrogen-bond donors (Lipinski definition) is 3. The smallest absolute Gasteiger partial charge is 0.320 e. The second-order valence-corrected chi connectivity index (χ2v) is 5.29. The molecule has 0 bridgehead atoms. The van der Waals surface area contributed by atoms with Crippen LogP contribution in [0.4, 0.5) is 5.69 Å². The average Bonchev–Trinajstić information content (AvgIpc) is 2.33. The van der Waals surface area contributed by atoms with Gasteiger partial charge in [-0.3, -0.25) is 14.9 Å². The molecule has 1 amide bonds. The maximum Gasteiger partial charge on any atom is 0.320 e. The van der Waals surface area contributed by atoms with Crippen molar-refractivity contribution in [2.24, 2.45) is 5.92 Å². The molecule has 0 aliphatic carbocycles. The summed E-state index contributed by atoms with van der Waals surface area (Å²) in [7, 11) is 0. The largest absolute Gasteiger partial charge is 0.480 e. The summed E-state index contributed by atoms with van der Waals surface area (Å²) in [6, 6.07) is 4.94. The Bertz CT molecular complexity index is 498. The maximum atomic E-state index is 11.8. The highest BCUT2D eigenvalue weighted by molar-refractivity contribution is 5.92. The Labute approximate surface area is 119 Å². The molecule has 5 nitrogen and oxygen atoms in total. The molecule has 0 saturated carbocycles. The molecule has 0 aliphatic rings. The lowest BCUT2D eigenvalue weighted by Gasteiger charge is -2.17. The number of rotatable bonds is 6. The van der Waals surface area contributed by atoms with Crippen LogP contribution in [0.5, 0.6) is 0 Å². The third kappa shape index (κ3) is 4.66. The minimum absolute atomic E-state index is 0.0257. The van der Waals surface area contributed by atoms with E-state index in [0.717, 1.165) is 16.8 Å². The summed E-state index contributed by atoms with van der Waals surface area (Å²) in [5, 5.41) is 14.5.